The molecule has 0 aliphatic heterocycles. The molecule has 6 heteroatoms. The predicted molar refractivity (Wildman–Crippen MR) is 95.6 cm³/mol. The molecule has 0 aliphatic carbocycles. The van der Waals surface area contributed by atoms with E-state index < -0.39 is 11.8 Å². The van der Waals surface area contributed by atoms with Crippen molar-refractivity contribution in [1.29, 1.82) is 0 Å². The van der Waals surface area contributed by atoms with Gasteiger partial charge in [-0.05, 0) is 55.5 Å². The molecule has 0 aromatic heterocycles. The quantitative estimate of drug-likeness (QED) is 0.829. The van der Waals surface area contributed by atoms with Crippen molar-refractivity contribution < 1.29 is 14.3 Å². The third-order valence-corrected chi connectivity index (χ3v) is 3.27. The van der Waals surface area contributed by atoms with Gasteiger partial charge in [-0.1, -0.05) is 0 Å². The molecule has 0 unspecified atom stereocenters. The van der Waals surface area contributed by atoms with Crippen molar-refractivity contribution in [3.8, 4) is 5.75 Å². The number of hydrogen-bond acceptors (Lipinski definition) is 4. The molecule has 0 spiro atoms. The first-order valence-corrected chi connectivity index (χ1v) is 7.62. The summed E-state index contributed by atoms with van der Waals surface area (Å²) >= 11 is 0. The van der Waals surface area contributed by atoms with Crippen LogP contribution in [-0.4, -0.2) is 32.5 Å². The highest BCUT2D eigenvalue weighted by molar-refractivity contribution is 6.43. The molecule has 2 amide bonds. The Hall–Kier alpha value is -3.02. The summed E-state index contributed by atoms with van der Waals surface area (Å²) in [6.45, 7) is 2.46. The normalized spacial score (nSPS) is 9.96. The second-order valence-electron chi connectivity index (χ2n) is 5.31. The summed E-state index contributed by atoms with van der Waals surface area (Å²) in [7, 11) is 3.86. The first-order chi connectivity index (χ1) is 11.5. The Bertz CT molecular complexity index is 694. The SMILES string of the molecule is CCOc1ccc(NC(=O)C(=O)Nc2ccc(N(C)C)cc2)cc1. The maximum Gasteiger partial charge on any atom is 0.314 e. The van der Waals surface area contributed by atoms with Crippen molar-refractivity contribution in [2.24, 2.45) is 0 Å². The fourth-order valence-electron chi connectivity index (χ4n) is 2.02. The molecular weight excluding hydrogens is 306 g/mol. The van der Waals surface area contributed by atoms with Crippen molar-refractivity contribution in [3.63, 3.8) is 0 Å². The zero-order valence-electron chi connectivity index (χ0n) is 14.0. The van der Waals surface area contributed by atoms with Crippen LogP contribution in [-0.2, 0) is 9.59 Å². The van der Waals surface area contributed by atoms with Gasteiger partial charge in [-0.2, -0.15) is 0 Å². The van der Waals surface area contributed by atoms with Crippen LogP contribution in [0.25, 0.3) is 0 Å². The van der Waals surface area contributed by atoms with Gasteiger partial charge in [-0.15, -0.1) is 0 Å². The second kappa shape index (κ2) is 8.01. The van der Waals surface area contributed by atoms with Crippen LogP contribution in [0.15, 0.2) is 48.5 Å². The summed E-state index contributed by atoms with van der Waals surface area (Å²) in [6, 6.07) is 14.0. The van der Waals surface area contributed by atoms with E-state index in [-0.39, 0.29) is 0 Å². The summed E-state index contributed by atoms with van der Waals surface area (Å²) in [6.07, 6.45) is 0. The Morgan fingerprint density at radius 3 is 1.75 bits per heavy atom. The number of nitrogens with zero attached hydrogens (tertiary/aromatic N) is 1. The number of amides is 2. The summed E-state index contributed by atoms with van der Waals surface area (Å²) < 4.78 is 5.32. The van der Waals surface area contributed by atoms with Crippen LogP contribution in [0.2, 0.25) is 0 Å². The van der Waals surface area contributed by atoms with Gasteiger partial charge in [0, 0.05) is 31.2 Å². The smallest absolute Gasteiger partial charge is 0.314 e. The van der Waals surface area contributed by atoms with E-state index in [0.29, 0.717) is 23.7 Å². The van der Waals surface area contributed by atoms with Gasteiger partial charge in [0.2, 0.25) is 0 Å². The third kappa shape index (κ3) is 4.74. The van der Waals surface area contributed by atoms with Crippen LogP contribution in [0.3, 0.4) is 0 Å². The van der Waals surface area contributed by atoms with Gasteiger partial charge in [0.15, 0.2) is 0 Å². The van der Waals surface area contributed by atoms with E-state index >= 15 is 0 Å². The molecule has 0 fully saturated rings. The Morgan fingerprint density at radius 2 is 1.33 bits per heavy atom. The molecule has 2 N–H and O–H groups in total. The van der Waals surface area contributed by atoms with Gasteiger partial charge in [-0.3, -0.25) is 9.59 Å². The number of benzene rings is 2. The Kier molecular flexibility index (Phi) is 5.78. The van der Waals surface area contributed by atoms with Gasteiger partial charge < -0.3 is 20.3 Å². The second-order valence-corrected chi connectivity index (χ2v) is 5.31. The lowest BCUT2D eigenvalue weighted by molar-refractivity contribution is -0.132. The maximum absolute atomic E-state index is 11.9. The molecule has 2 aromatic carbocycles. The van der Waals surface area contributed by atoms with Gasteiger partial charge in [0.1, 0.15) is 5.75 Å². The van der Waals surface area contributed by atoms with Crippen LogP contribution >= 0.6 is 0 Å². The average molecular weight is 327 g/mol. The van der Waals surface area contributed by atoms with E-state index in [9.17, 15) is 9.59 Å². The summed E-state index contributed by atoms with van der Waals surface area (Å²) in [4.78, 5) is 25.8. The number of carbonyl (C=O) groups excluding carboxylic acids is 2. The van der Waals surface area contributed by atoms with Crippen molar-refractivity contribution in [2.45, 2.75) is 6.92 Å². The number of anilines is 3. The molecule has 6 nitrogen and oxygen atoms in total. The fraction of sp³-hybridized carbons (Fsp3) is 0.222. The highest BCUT2D eigenvalue weighted by atomic mass is 16.5. The van der Waals surface area contributed by atoms with E-state index in [1.165, 1.54) is 0 Å². The molecule has 24 heavy (non-hydrogen) atoms. The number of rotatable bonds is 5. The number of carbonyl (C=O) groups is 2. The average Bonchev–Trinajstić information content (AvgIpc) is 2.57. The molecule has 0 atom stereocenters. The maximum atomic E-state index is 11.9. The fourth-order valence-corrected chi connectivity index (χ4v) is 2.02. The minimum Gasteiger partial charge on any atom is -0.494 e. The topological polar surface area (TPSA) is 70.7 Å². The molecule has 126 valence electrons. The monoisotopic (exact) mass is 327 g/mol. The molecule has 0 radical (unpaired) electrons. The van der Waals surface area contributed by atoms with E-state index in [0.717, 1.165) is 5.69 Å². The third-order valence-electron chi connectivity index (χ3n) is 3.27. The van der Waals surface area contributed by atoms with Crippen molar-refractivity contribution in [1.82, 2.24) is 0 Å². The van der Waals surface area contributed by atoms with Crippen molar-refractivity contribution >= 4 is 28.9 Å². The Morgan fingerprint density at radius 1 is 0.875 bits per heavy atom. The Balaban J connectivity index is 1.93. The van der Waals surface area contributed by atoms with E-state index in [1.807, 2.05) is 38.1 Å². The van der Waals surface area contributed by atoms with Crippen LogP contribution in [0.4, 0.5) is 17.1 Å². The highest BCUT2D eigenvalue weighted by Crippen LogP contribution is 2.17. The minimum absolute atomic E-state index is 0.529. The molecule has 0 aliphatic rings. The lowest BCUT2D eigenvalue weighted by Gasteiger charge is -2.13. The highest BCUT2D eigenvalue weighted by Gasteiger charge is 2.14. The van der Waals surface area contributed by atoms with Gasteiger partial charge in [-0.25, -0.2) is 0 Å². The van der Waals surface area contributed by atoms with Crippen LogP contribution in [0.5, 0.6) is 5.75 Å². The van der Waals surface area contributed by atoms with Crippen LogP contribution < -0.4 is 20.3 Å². The molecular formula is C18H21N3O3. The van der Waals surface area contributed by atoms with E-state index in [1.54, 1.807) is 36.4 Å². The van der Waals surface area contributed by atoms with Crippen LogP contribution in [0.1, 0.15) is 6.92 Å². The standard InChI is InChI=1S/C18H21N3O3/c1-4-24-16-11-7-14(8-12-16)20-18(23)17(22)19-13-5-9-15(10-6-13)21(2)3/h5-12H,4H2,1-3H3,(H,19,22)(H,20,23). The molecule has 0 heterocycles. The largest absolute Gasteiger partial charge is 0.494 e. The van der Waals surface area contributed by atoms with Gasteiger partial charge >= 0.3 is 11.8 Å². The van der Waals surface area contributed by atoms with E-state index in [4.69, 9.17) is 4.74 Å². The van der Waals surface area contributed by atoms with Crippen molar-refractivity contribution in [2.75, 3.05) is 36.2 Å². The lowest BCUT2D eigenvalue weighted by Crippen LogP contribution is -2.29. The molecule has 2 rings (SSSR count). The zero-order chi connectivity index (χ0) is 17.5. The first kappa shape index (κ1) is 17.3. The van der Waals surface area contributed by atoms with Crippen LogP contribution in [0, 0.1) is 0 Å². The minimum atomic E-state index is -0.726. The number of ether oxygens (including phenoxy) is 1. The molecule has 0 saturated heterocycles. The molecule has 0 saturated carbocycles. The first-order valence-electron chi connectivity index (χ1n) is 7.62. The summed E-state index contributed by atoms with van der Waals surface area (Å²) in [5.74, 6) is -0.738. The number of nitrogens with one attached hydrogen (secondary N) is 2. The molecule has 2 aromatic rings. The Labute approximate surface area is 141 Å². The number of hydrogen-bond donors (Lipinski definition) is 2. The lowest BCUT2D eigenvalue weighted by atomic mass is 10.2. The zero-order valence-corrected chi connectivity index (χ0v) is 14.0. The van der Waals surface area contributed by atoms with Gasteiger partial charge in [0.05, 0.1) is 6.61 Å². The van der Waals surface area contributed by atoms with Crippen molar-refractivity contribution in [3.05, 3.63) is 48.5 Å². The summed E-state index contributed by atoms with van der Waals surface area (Å²) in [5.41, 5.74) is 2.10. The molecule has 0 bridgehead atoms. The predicted octanol–water partition coefficient (Wildman–Crippen LogP) is 2.73. The van der Waals surface area contributed by atoms with E-state index in [2.05, 4.69) is 10.6 Å². The summed E-state index contributed by atoms with van der Waals surface area (Å²) in [5, 5.41) is 5.11. The van der Waals surface area contributed by atoms with Gasteiger partial charge in [0.25, 0.3) is 0 Å².